The molecule has 4 nitrogen and oxygen atoms in total. The fourth-order valence-corrected chi connectivity index (χ4v) is 1.89. The molecule has 0 aliphatic carbocycles. The summed E-state index contributed by atoms with van der Waals surface area (Å²) < 4.78 is 13.8. The molecule has 2 aromatic rings. The van der Waals surface area contributed by atoms with Crippen molar-refractivity contribution in [3.63, 3.8) is 0 Å². The third-order valence-corrected chi connectivity index (χ3v) is 2.93. The number of aryl methyl sites for hydroxylation is 1. The van der Waals surface area contributed by atoms with Gasteiger partial charge in [0.15, 0.2) is 11.5 Å². The summed E-state index contributed by atoms with van der Waals surface area (Å²) in [5, 5.41) is 8.93. The summed E-state index contributed by atoms with van der Waals surface area (Å²) in [6.07, 6.45) is 0. The van der Waals surface area contributed by atoms with Crippen LogP contribution < -0.4 is 0 Å². The topological polar surface area (TPSA) is 63.1 Å². The van der Waals surface area contributed by atoms with Gasteiger partial charge in [-0.3, -0.25) is 0 Å². The van der Waals surface area contributed by atoms with E-state index in [1.54, 1.807) is 6.92 Å². The number of aromatic carboxylic acids is 1. The van der Waals surface area contributed by atoms with E-state index in [1.165, 1.54) is 24.3 Å². The zero-order valence-electron chi connectivity index (χ0n) is 9.32. The summed E-state index contributed by atoms with van der Waals surface area (Å²) in [5.74, 6) is -1.40. The Hall–Kier alpha value is -1.82. The summed E-state index contributed by atoms with van der Waals surface area (Å²) in [7, 11) is 0. The highest BCUT2D eigenvalue weighted by molar-refractivity contribution is 9.10. The van der Waals surface area contributed by atoms with Crippen LogP contribution in [-0.4, -0.2) is 21.0 Å². The van der Waals surface area contributed by atoms with Crippen LogP contribution in [0.15, 0.2) is 28.7 Å². The van der Waals surface area contributed by atoms with Gasteiger partial charge >= 0.3 is 5.97 Å². The van der Waals surface area contributed by atoms with E-state index >= 15 is 0 Å². The molecule has 2 rings (SSSR count). The number of carboxylic acid groups (broad SMARTS) is 1. The summed E-state index contributed by atoms with van der Waals surface area (Å²) in [6, 6.07) is 5.43. The van der Waals surface area contributed by atoms with Crippen LogP contribution in [0, 0.1) is 12.7 Å². The summed E-state index contributed by atoms with van der Waals surface area (Å²) >= 11 is 3.26. The largest absolute Gasteiger partial charge is 0.477 e. The first-order valence-corrected chi connectivity index (χ1v) is 5.81. The number of halogens is 2. The van der Waals surface area contributed by atoms with Crippen LogP contribution >= 0.6 is 15.9 Å². The van der Waals surface area contributed by atoms with Gasteiger partial charge in [0.2, 0.25) is 0 Å². The molecule has 0 bridgehead atoms. The van der Waals surface area contributed by atoms with E-state index in [-0.39, 0.29) is 11.5 Å². The first kappa shape index (κ1) is 12.6. The average molecular weight is 311 g/mol. The van der Waals surface area contributed by atoms with Gasteiger partial charge in [0.1, 0.15) is 5.82 Å². The van der Waals surface area contributed by atoms with E-state index < -0.39 is 11.8 Å². The first-order chi connectivity index (χ1) is 8.47. The number of benzene rings is 1. The van der Waals surface area contributed by atoms with Crippen molar-refractivity contribution < 1.29 is 14.3 Å². The zero-order chi connectivity index (χ0) is 13.3. The van der Waals surface area contributed by atoms with Crippen molar-refractivity contribution in [2.75, 3.05) is 0 Å². The predicted molar refractivity (Wildman–Crippen MR) is 66.8 cm³/mol. The van der Waals surface area contributed by atoms with E-state index in [2.05, 4.69) is 25.9 Å². The number of carbonyl (C=O) groups is 1. The maximum atomic E-state index is 13.2. The molecule has 1 aromatic carbocycles. The van der Waals surface area contributed by atoms with Gasteiger partial charge in [-0.2, -0.15) is 0 Å². The minimum Gasteiger partial charge on any atom is -0.477 e. The van der Waals surface area contributed by atoms with E-state index in [4.69, 9.17) is 5.11 Å². The number of rotatable bonds is 2. The second-order valence-electron chi connectivity index (χ2n) is 3.65. The quantitative estimate of drug-likeness (QED) is 0.926. The van der Waals surface area contributed by atoms with Gasteiger partial charge in [0.05, 0.1) is 0 Å². The maximum Gasteiger partial charge on any atom is 0.354 e. The van der Waals surface area contributed by atoms with E-state index in [0.29, 0.717) is 15.7 Å². The van der Waals surface area contributed by atoms with Crippen LogP contribution in [-0.2, 0) is 0 Å². The number of nitrogens with zero attached hydrogens (tertiary/aromatic N) is 2. The third kappa shape index (κ3) is 2.53. The molecule has 6 heteroatoms. The SMILES string of the molecule is Cc1cc(C(=O)O)nc(-c2cc(F)ccc2Br)n1. The molecule has 0 spiro atoms. The monoisotopic (exact) mass is 310 g/mol. The highest BCUT2D eigenvalue weighted by atomic mass is 79.9. The molecule has 18 heavy (non-hydrogen) atoms. The summed E-state index contributed by atoms with van der Waals surface area (Å²) in [4.78, 5) is 18.9. The standard InChI is InChI=1S/C12H8BrFN2O2/c1-6-4-10(12(17)18)16-11(15-6)8-5-7(14)2-3-9(8)13/h2-5H,1H3,(H,17,18). The Labute approximate surface area is 111 Å². The summed E-state index contributed by atoms with van der Waals surface area (Å²) in [6.45, 7) is 1.66. The second-order valence-corrected chi connectivity index (χ2v) is 4.50. The van der Waals surface area contributed by atoms with Gasteiger partial charge in [0, 0.05) is 15.7 Å². The van der Waals surface area contributed by atoms with Crippen molar-refractivity contribution in [1.29, 1.82) is 0 Å². The molecule has 0 amide bonds. The Morgan fingerprint density at radius 2 is 2.06 bits per heavy atom. The average Bonchev–Trinajstić information content (AvgIpc) is 2.31. The van der Waals surface area contributed by atoms with Crippen LogP contribution in [0.2, 0.25) is 0 Å². The molecule has 1 aromatic heterocycles. The van der Waals surface area contributed by atoms with Crippen LogP contribution in [0.1, 0.15) is 16.2 Å². The third-order valence-electron chi connectivity index (χ3n) is 2.24. The lowest BCUT2D eigenvalue weighted by atomic mass is 10.2. The lowest BCUT2D eigenvalue weighted by Crippen LogP contribution is -2.04. The summed E-state index contributed by atoms with van der Waals surface area (Å²) in [5.41, 5.74) is 0.809. The van der Waals surface area contributed by atoms with Gasteiger partial charge in [-0.05, 0) is 31.2 Å². The first-order valence-electron chi connectivity index (χ1n) is 5.02. The van der Waals surface area contributed by atoms with Crippen molar-refractivity contribution in [2.45, 2.75) is 6.92 Å². The molecule has 1 heterocycles. The second kappa shape index (κ2) is 4.81. The van der Waals surface area contributed by atoms with Crippen LogP contribution in [0.4, 0.5) is 4.39 Å². The van der Waals surface area contributed by atoms with E-state index in [0.717, 1.165) is 0 Å². The molecule has 0 unspecified atom stereocenters. The highest BCUT2D eigenvalue weighted by Gasteiger charge is 2.13. The molecule has 0 aliphatic rings. The van der Waals surface area contributed by atoms with Crippen LogP contribution in [0.25, 0.3) is 11.4 Å². The van der Waals surface area contributed by atoms with Gasteiger partial charge in [-0.15, -0.1) is 0 Å². The van der Waals surface area contributed by atoms with Crippen molar-refractivity contribution in [3.8, 4) is 11.4 Å². The van der Waals surface area contributed by atoms with E-state index in [9.17, 15) is 9.18 Å². The van der Waals surface area contributed by atoms with Crippen LogP contribution in [0.3, 0.4) is 0 Å². The minimum atomic E-state index is -1.14. The fourth-order valence-electron chi connectivity index (χ4n) is 1.47. The van der Waals surface area contributed by atoms with E-state index in [1.807, 2.05) is 0 Å². The molecule has 0 radical (unpaired) electrons. The predicted octanol–water partition coefficient (Wildman–Crippen LogP) is 3.05. The molecule has 92 valence electrons. The fraction of sp³-hybridized carbons (Fsp3) is 0.0833. The number of carboxylic acids is 1. The van der Waals surface area contributed by atoms with Crippen LogP contribution in [0.5, 0.6) is 0 Å². The zero-order valence-corrected chi connectivity index (χ0v) is 10.9. The smallest absolute Gasteiger partial charge is 0.354 e. The Kier molecular flexibility index (Phi) is 3.38. The van der Waals surface area contributed by atoms with Crippen molar-refractivity contribution in [3.05, 3.63) is 45.9 Å². The maximum absolute atomic E-state index is 13.2. The molecule has 1 N–H and O–H groups in total. The molecule has 0 atom stereocenters. The highest BCUT2D eigenvalue weighted by Crippen LogP contribution is 2.26. The molecule has 0 saturated heterocycles. The van der Waals surface area contributed by atoms with Gasteiger partial charge in [0.25, 0.3) is 0 Å². The van der Waals surface area contributed by atoms with Crippen molar-refractivity contribution in [2.24, 2.45) is 0 Å². The molecular weight excluding hydrogens is 303 g/mol. The van der Waals surface area contributed by atoms with Gasteiger partial charge < -0.3 is 5.11 Å². The minimum absolute atomic E-state index is 0.117. The molecular formula is C12H8BrFN2O2. The Bertz CT molecular complexity index is 631. The molecule has 0 aliphatic heterocycles. The van der Waals surface area contributed by atoms with Gasteiger partial charge in [-0.1, -0.05) is 15.9 Å². The molecule has 0 fully saturated rings. The van der Waals surface area contributed by atoms with Crippen molar-refractivity contribution in [1.82, 2.24) is 9.97 Å². The Balaban J connectivity index is 2.63. The number of hydrogen-bond acceptors (Lipinski definition) is 3. The number of aromatic nitrogens is 2. The van der Waals surface area contributed by atoms with Crippen molar-refractivity contribution >= 4 is 21.9 Å². The number of hydrogen-bond donors (Lipinski definition) is 1. The molecule has 0 saturated carbocycles. The Morgan fingerprint density at radius 1 is 1.33 bits per heavy atom. The Morgan fingerprint density at radius 3 is 2.72 bits per heavy atom. The lowest BCUT2D eigenvalue weighted by Gasteiger charge is -2.05. The lowest BCUT2D eigenvalue weighted by molar-refractivity contribution is 0.0690. The van der Waals surface area contributed by atoms with Gasteiger partial charge in [-0.25, -0.2) is 19.2 Å². The normalized spacial score (nSPS) is 10.4.